The number of fused-ring (bicyclic) bond motifs is 1. The molecule has 5 rings (SSSR count). The molecule has 0 saturated carbocycles. The lowest BCUT2D eigenvalue weighted by molar-refractivity contribution is 0.0951. The molecule has 36 heavy (non-hydrogen) atoms. The van der Waals surface area contributed by atoms with Gasteiger partial charge in [-0.05, 0) is 110 Å². The van der Waals surface area contributed by atoms with E-state index in [1.165, 1.54) is 31.7 Å². The second-order valence-corrected chi connectivity index (χ2v) is 11.7. The van der Waals surface area contributed by atoms with E-state index < -0.39 is 0 Å². The van der Waals surface area contributed by atoms with Crippen LogP contribution >= 0.6 is 33.9 Å². The van der Waals surface area contributed by atoms with Crippen molar-refractivity contribution in [2.75, 3.05) is 0 Å². The largest absolute Gasteiger partial charge is 0.348 e. The van der Waals surface area contributed by atoms with E-state index >= 15 is 0 Å². The van der Waals surface area contributed by atoms with E-state index in [1.807, 2.05) is 36.5 Å². The minimum Gasteiger partial charge on any atom is -0.348 e. The number of carbonyl (C=O) groups excluding carboxylic acids is 1. The molecular weight excluding hydrogens is 577 g/mol. The van der Waals surface area contributed by atoms with E-state index in [2.05, 4.69) is 77.5 Å². The molecule has 0 saturated heterocycles. The fraction of sp³-hybridized carbons (Fsp3) is 0.267. The summed E-state index contributed by atoms with van der Waals surface area (Å²) >= 11 is 4.05. The van der Waals surface area contributed by atoms with Crippen molar-refractivity contribution in [3.63, 3.8) is 0 Å². The topological polar surface area (TPSA) is 46.4 Å². The highest BCUT2D eigenvalue weighted by Gasteiger charge is 2.25. The summed E-state index contributed by atoms with van der Waals surface area (Å²) in [4.78, 5) is 19.6. The molecule has 6 heteroatoms. The second-order valence-electron chi connectivity index (χ2n) is 9.41. The van der Waals surface area contributed by atoms with E-state index in [-0.39, 0.29) is 5.91 Å². The number of amides is 1. The molecule has 2 aromatic carbocycles. The maximum atomic E-state index is 13.4. The molecule has 0 unspecified atom stereocenters. The highest BCUT2D eigenvalue weighted by molar-refractivity contribution is 14.1. The maximum absolute atomic E-state index is 13.4. The van der Waals surface area contributed by atoms with E-state index in [9.17, 15) is 4.79 Å². The van der Waals surface area contributed by atoms with Gasteiger partial charge in [-0.15, -0.1) is 11.3 Å². The number of aromatic nitrogens is 1. The lowest BCUT2D eigenvalue weighted by atomic mass is 9.95. The van der Waals surface area contributed by atoms with Crippen molar-refractivity contribution in [1.82, 2.24) is 9.88 Å². The van der Waals surface area contributed by atoms with Crippen LogP contribution in [0.5, 0.6) is 0 Å². The summed E-state index contributed by atoms with van der Waals surface area (Å²) in [6, 6.07) is 18.8. The van der Waals surface area contributed by atoms with Crippen molar-refractivity contribution in [1.29, 1.82) is 0 Å². The van der Waals surface area contributed by atoms with Crippen LogP contribution in [-0.4, -0.2) is 16.7 Å². The molecule has 0 bridgehead atoms. The van der Waals surface area contributed by atoms with Crippen molar-refractivity contribution in [3.05, 3.63) is 102 Å². The van der Waals surface area contributed by atoms with Crippen LogP contribution in [0.3, 0.4) is 0 Å². The first-order valence-electron chi connectivity index (χ1n) is 12.4. The predicted octanol–water partition coefficient (Wildman–Crippen LogP) is 7.63. The molecular formula is C30H30IN3OS. The Kier molecular flexibility index (Phi) is 7.44. The summed E-state index contributed by atoms with van der Waals surface area (Å²) in [5.74, 6) is -0.0229. The Hall–Kier alpha value is -2.71. The second kappa shape index (κ2) is 10.7. The van der Waals surface area contributed by atoms with Crippen LogP contribution in [-0.2, 0) is 19.4 Å². The Morgan fingerprint density at radius 2 is 1.86 bits per heavy atom. The van der Waals surface area contributed by atoms with E-state index in [0.717, 1.165) is 52.3 Å². The average Bonchev–Trinajstić information content (AvgIpc) is 3.39. The molecule has 4 aromatic rings. The molecule has 184 valence electrons. The van der Waals surface area contributed by atoms with Crippen LogP contribution in [0, 0.1) is 24.3 Å². The highest BCUT2D eigenvalue weighted by Crippen LogP contribution is 2.40. The Labute approximate surface area is 230 Å². The molecule has 4 nitrogen and oxygen atoms in total. The minimum absolute atomic E-state index is 0.0229. The number of aliphatic imine (C=N–C) groups is 1. The SMILES string of the molecule is Cc1cc(-n2c(C)cc(C=Nc3sc4c(c3C(=O)NCc3ccccc3)CCCC4)c2C)ccc1I. The zero-order valence-corrected chi connectivity index (χ0v) is 23.9. The van der Waals surface area contributed by atoms with Crippen LogP contribution in [0.25, 0.3) is 5.69 Å². The third kappa shape index (κ3) is 5.06. The van der Waals surface area contributed by atoms with Gasteiger partial charge in [-0.3, -0.25) is 4.79 Å². The third-order valence-corrected chi connectivity index (χ3v) is 9.28. The molecule has 0 aliphatic heterocycles. The third-order valence-electron chi connectivity index (χ3n) is 6.87. The molecule has 1 aliphatic rings. The quantitative estimate of drug-likeness (QED) is 0.178. The van der Waals surface area contributed by atoms with Gasteiger partial charge >= 0.3 is 0 Å². The first-order valence-corrected chi connectivity index (χ1v) is 14.3. The minimum atomic E-state index is -0.0229. The molecule has 0 atom stereocenters. The van der Waals surface area contributed by atoms with Crippen LogP contribution in [0.2, 0.25) is 0 Å². The van der Waals surface area contributed by atoms with Crippen molar-refractivity contribution in [2.45, 2.75) is 53.0 Å². The van der Waals surface area contributed by atoms with Gasteiger partial charge in [-0.1, -0.05) is 30.3 Å². The number of halogens is 1. The van der Waals surface area contributed by atoms with Gasteiger partial charge < -0.3 is 9.88 Å². The van der Waals surface area contributed by atoms with E-state index in [0.29, 0.717) is 6.54 Å². The van der Waals surface area contributed by atoms with Gasteiger partial charge in [0.2, 0.25) is 0 Å². The summed E-state index contributed by atoms with van der Waals surface area (Å²) in [6.07, 6.45) is 6.23. The zero-order chi connectivity index (χ0) is 25.2. The number of nitrogens with one attached hydrogen (secondary N) is 1. The number of nitrogens with zero attached hydrogens (tertiary/aromatic N) is 2. The summed E-state index contributed by atoms with van der Waals surface area (Å²) in [5, 5.41) is 3.96. The number of carbonyl (C=O) groups is 1. The standard InChI is InChI=1S/C30H30IN3OS/c1-19-15-24(13-14-26(19)31)34-20(2)16-23(21(34)3)18-33-30-28(25-11-7-8-12-27(25)36-30)29(35)32-17-22-9-5-4-6-10-22/h4-6,9-10,13-16,18H,7-8,11-12,17H2,1-3H3,(H,32,35). The van der Waals surface area contributed by atoms with Crippen molar-refractivity contribution >= 4 is 51.1 Å². The lowest BCUT2D eigenvalue weighted by Crippen LogP contribution is -2.24. The Balaban J connectivity index is 1.46. The van der Waals surface area contributed by atoms with Gasteiger partial charge in [0.25, 0.3) is 5.91 Å². The van der Waals surface area contributed by atoms with Crippen LogP contribution in [0.4, 0.5) is 5.00 Å². The monoisotopic (exact) mass is 607 g/mol. The summed E-state index contributed by atoms with van der Waals surface area (Å²) in [5.41, 5.74) is 8.88. The predicted molar refractivity (Wildman–Crippen MR) is 159 cm³/mol. The number of hydrogen-bond acceptors (Lipinski definition) is 3. The van der Waals surface area contributed by atoms with Gasteiger partial charge in [-0.25, -0.2) is 4.99 Å². The number of aryl methyl sites for hydroxylation is 3. The number of thiophene rings is 1. The Morgan fingerprint density at radius 3 is 2.64 bits per heavy atom. The molecule has 0 spiro atoms. The normalized spacial score (nSPS) is 13.2. The number of hydrogen-bond donors (Lipinski definition) is 1. The van der Waals surface area contributed by atoms with Crippen molar-refractivity contribution in [2.24, 2.45) is 4.99 Å². The van der Waals surface area contributed by atoms with E-state index in [4.69, 9.17) is 4.99 Å². The van der Waals surface area contributed by atoms with Gasteiger partial charge in [0, 0.05) is 43.8 Å². The van der Waals surface area contributed by atoms with Gasteiger partial charge in [0.05, 0.1) is 5.56 Å². The van der Waals surface area contributed by atoms with Gasteiger partial charge in [-0.2, -0.15) is 0 Å². The van der Waals surface area contributed by atoms with Gasteiger partial charge in [0.15, 0.2) is 0 Å². The lowest BCUT2D eigenvalue weighted by Gasteiger charge is -2.13. The smallest absolute Gasteiger partial charge is 0.254 e. The first kappa shape index (κ1) is 25.0. The first-order chi connectivity index (χ1) is 17.4. The van der Waals surface area contributed by atoms with Crippen LogP contribution in [0.1, 0.15) is 61.7 Å². The molecule has 1 N–H and O–H groups in total. The molecule has 1 aliphatic carbocycles. The molecule has 2 heterocycles. The zero-order valence-electron chi connectivity index (χ0n) is 20.9. The summed E-state index contributed by atoms with van der Waals surface area (Å²) in [7, 11) is 0. The summed E-state index contributed by atoms with van der Waals surface area (Å²) < 4.78 is 3.54. The number of benzene rings is 2. The molecule has 1 amide bonds. The van der Waals surface area contributed by atoms with Crippen LogP contribution < -0.4 is 5.32 Å². The molecule has 2 aromatic heterocycles. The highest BCUT2D eigenvalue weighted by atomic mass is 127. The van der Waals surface area contributed by atoms with Gasteiger partial charge in [0.1, 0.15) is 5.00 Å². The summed E-state index contributed by atoms with van der Waals surface area (Å²) in [6.45, 7) is 6.92. The molecule has 0 fully saturated rings. The fourth-order valence-electron chi connectivity index (χ4n) is 4.95. The number of rotatable bonds is 6. The fourth-order valence-corrected chi connectivity index (χ4v) is 6.52. The van der Waals surface area contributed by atoms with Crippen molar-refractivity contribution < 1.29 is 4.79 Å². The maximum Gasteiger partial charge on any atom is 0.254 e. The van der Waals surface area contributed by atoms with E-state index in [1.54, 1.807) is 11.3 Å². The van der Waals surface area contributed by atoms with Crippen LogP contribution in [0.15, 0.2) is 59.6 Å². The average molecular weight is 608 g/mol. The van der Waals surface area contributed by atoms with Crippen molar-refractivity contribution in [3.8, 4) is 5.69 Å². The Bertz CT molecular complexity index is 1450. The molecule has 0 radical (unpaired) electrons. The Morgan fingerprint density at radius 1 is 1.08 bits per heavy atom.